The molecule has 0 aliphatic heterocycles. The Bertz CT molecular complexity index is 603. The van der Waals surface area contributed by atoms with Crippen molar-refractivity contribution in [1.82, 2.24) is 14.7 Å². The zero-order valence-corrected chi connectivity index (χ0v) is 11.4. The molecule has 20 heavy (non-hydrogen) atoms. The van der Waals surface area contributed by atoms with E-state index < -0.39 is 6.10 Å². The number of aromatic nitrogens is 2. The van der Waals surface area contributed by atoms with Crippen LogP contribution in [0.5, 0.6) is 0 Å². The van der Waals surface area contributed by atoms with Gasteiger partial charge in [-0.1, -0.05) is 0 Å². The van der Waals surface area contributed by atoms with Crippen LogP contribution in [0.25, 0.3) is 5.65 Å². The van der Waals surface area contributed by atoms with Crippen LogP contribution in [0, 0.1) is 11.3 Å². The highest BCUT2D eigenvalue weighted by molar-refractivity contribution is 5.44. The minimum Gasteiger partial charge on any atom is -0.391 e. The topological polar surface area (TPSA) is 82.6 Å². The number of fused-ring (bicyclic) bond motifs is 1. The maximum atomic E-state index is 9.53. The third kappa shape index (κ3) is 3.54. The molecule has 0 saturated heterocycles. The number of rotatable bonds is 7. The van der Waals surface area contributed by atoms with Crippen LogP contribution in [0.15, 0.2) is 24.5 Å². The van der Waals surface area contributed by atoms with Crippen LogP contribution in [0.3, 0.4) is 0 Å². The van der Waals surface area contributed by atoms with Gasteiger partial charge in [0.1, 0.15) is 11.7 Å². The van der Waals surface area contributed by atoms with Gasteiger partial charge in [0.15, 0.2) is 0 Å². The summed E-state index contributed by atoms with van der Waals surface area (Å²) in [6.07, 6.45) is 3.75. The maximum Gasteiger partial charge on any atom is 0.137 e. The first-order valence-corrected chi connectivity index (χ1v) is 6.48. The van der Waals surface area contributed by atoms with Crippen molar-refractivity contribution >= 4 is 5.65 Å². The molecule has 0 saturated carbocycles. The summed E-state index contributed by atoms with van der Waals surface area (Å²) in [5, 5.41) is 21.7. The fraction of sp³-hybridized carbons (Fsp3) is 0.429. The number of imidazole rings is 1. The number of aliphatic hydroxyl groups excluding tert-OH is 1. The Hall–Kier alpha value is -1.94. The summed E-state index contributed by atoms with van der Waals surface area (Å²) < 4.78 is 6.77. The van der Waals surface area contributed by atoms with Crippen molar-refractivity contribution in [3.63, 3.8) is 0 Å². The molecule has 2 N–H and O–H groups in total. The van der Waals surface area contributed by atoms with Crippen LogP contribution < -0.4 is 5.32 Å². The SMILES string of the molecule is COCC(O)CCNCc1cnc2ccc(C#N)cn12. The summed E-state index contributed by atoms with van der Waals surface area (Å²) >= 11 is 0. The summed E-state index contributed by atoms with van der Waals surface area (Å²) in [6, 6.07) is 5.69. The average molecular weight is 274 g/mol. The number of pyridine rings is 1. The van der Waals surface area contributed by atoms with E-state index in [0.717, 1.165) is 11.3 Å². The zero-order valence-electron chi connectivity index (χ0n) is 11.4. The molecule has 0 bridgehead atoms. The molecule has 6 heteroatoms. The summed E-state index contributed by atoms with van der Waals surface area (Å²) in [5.41, 5.74) is 2.41. The second-order valence-corrected chi connectivity index (χ2v) is 4.58. The lowest BCUT2D eigenvalue weighted by Gasteiger charge is -2.10. The molecule has 0 aromatic carbocycles. The molecule has 0 radical (unpaired) electrons. The molecule has 0 amide bonds. The molecule has 1 atom stereocenters. The smallest absolute Gasteiger partial charge is 0.137 e. The highest BCUT2D eigenvalue weighted by atomic mass is 16.5. The molecule has 2 rings (SSSR count). The van der Waals surface area contributed by atoms with Gasteiger partial charge in [0.25, 0.3) is 0 Å². The minimum absolute atomic E-state index is 0.350. The molecule has 0 spiro atoms. The van der Waals surface area contributed by atoms with Gasteiger partial charge in [-0.05, 0) is 25.1 Å². The van der Waals surface area contributed by atoms with Gasteiger partial charge in [-0.15, -0.1) is 0 Å². The minimum atomic E-state index is -0.445. The molecule has 106 valence electrons. The standard InChI is InChI=1S/C14H18N4O2/c1-20-10-13(19)4-5-16-7-12-8-17-14-3-2-11(6-15)9-18(12)14/h2-3,8-9,13,16,19H,4-5,7,10H2,1H3. The summed E-state index contributed by atoms with van der Waals surface area (Å²) in [6.45, 7) is 1.67. The van der Waals surface area contributed by atoms with Gasteiger partial charge in [0.2, 0.25) is 0 Å². The Labute approximate surface area is 117 Å². The number of nitrogens with zero attached hydrogens (tertiary/aromatic N) is 3. The lowest BCUT2D eigenvalue weighted by Crippen LogP contribution is -2.23. The van der Waals surface area contributed by atoms with E-state index in [1.807, 2.05) is 10.5 Å². The molecule has 2 aromatic heterocycles. The lowest BCUT2D eigenvalue weighted by atomic mass is 10.2. The molecule has 0 aliphatic carbocycles. The number of methoxy groups -OCH3 is 1. The Morgan fingerprint density at radius 1 is 1.55 bits per heavy atom. The number of nitrogens with one attached hydrogen (secondary N) is 1. The zero-order chi connectivity index (χ0) is 14.4. The van der Waals surface area contributed by atoms with Gasteiger partial charge in [-0.2, -0.15) is 5.26 Å². The lowest BCUT2D eigenvalue weighted by molar-refractivity contribution is 0.0594. The fourth-order valence-electron chi connectivity index (χ4n) is 1.99. The van der Waals surface area contributed by atoms with Crippen LogP contribution >= 0.6 is 0 Å². The highest BCUT2D eigenvalue weighted by Crippen LogP contribution is 2.08. The Balaban J connectivity index is 1.92. The number of hydrogen-bond acceptors (Lipinski definition) is 5. The molecule has 2 heterocycles. The van der Waals surface area contributed by atoms with Gasteiger partial charge in [-0.3, -0.25) is 0 Å². The van der Waals surface area contributed by atoms with E-state index in [-0.39, 0.29) is 0 Å². The monoisotopic (exact) mass is 274 g/mol. The highest BCUT2D eigenvalue weighted by Gasteiger charge is 2.05. The van der Waals surface area contributed by atoms with E-state index in [1.165, 1.54) is 0 Å². The van der Waals surface area contributed by atoms with E-state index in [9.17, 15) is 5.11 Å². The van der Waals surface area contributed by atoms with Crippen LogP contribution in [0.2, 0.25) is 0 Å². The first-order valence-electron chi connectivity index (χ1n) is 6.48. The van der Waals surface area contributed by atoms with Gasteiger partial charge in [0, 0.05) is 19.9 Å². The quantitative estimate of drug-likeness (QED) is 0.726. The van der Waals surface area contributed by atoms with Crippen molar-refractivity contribution in [3.05, 3.63) is 35.8 Å². The molecule has 0 fully saturated rings. The van der Waals surface area contributed by atoms with Crippen molar-refractivity contribution in [1.29, 1.82) is 5.26 Å². The van der Waals surface area contributed by atoms with Gasteiger partial charge >= 0.3 is 0 Å². The number of hydrogen-bond donors (Lipinski definition) is 2. The summed E-state index contributed by atoms with van der Waals surface area (Å²) in [4.78, 5) is 4.28. The fourth-order valence-corrected chi connectivity index (χ4v) is 1.99. The second kappa shape index (κ2) is 7.01. The molecular formula is C14H18N4O2. The second-order valence-electron chi connectivity index (χ2n) is 4.58. The molecule has 0 aliphatic rings. The van der Waals surface area contributed by atoms with Gasteiger partial charge < -0.3 is 19.6 Å². The third-order valence-electron chi connectivity index (χ3n) is 3.03. The van der Waals surface area contributed by atoms with Crippen molar-refractivity contribution in [2.75, 3.05) is 20.3 Å². The predicted molar refractivity (Wildman–Crippen MR) is 74.1 cm³/mol. The third-order valence-corrected chi connectivity index (χ3v) is 3.03. The Kier molecular flexibility index (Phi) is 5.07. The van der Waals surface area contributed by atoms with Crippen molar-refractivity contribution in [2.45, 2.75) is 19.1 Å². The molecule has 6 nitrogen and oxygen atoms in total. The number of aliphatic hydroxyl groups is 1. The molecule has 1 unspecified atom stereocenters. The largest absolute Gasteiger partial charge is 0.391 e. The number of ether oxygens (including phenoxy) is 1. The first kappa shape index (κ1) is 14.5. The van der Waals surface area contributed by atoms with Gasteiger partial charge in [0.05, 0.1) is 30.2 Å². The Morgan fingerprint density at radius 2 is 2.40 bits per heavy atom. The van der Waals surface area contributed by atoms with E-state index >= 15 is 0 Å². The van der Waals surface area contributed by atoms with Crippen LogP contribution in [-0.2, 0) is 11.3 Å². The van der Waals surface area contributed by atoms with E-state index in [4.69, 9.17) is 10.00 Å². The van der Waals surface area contributed by atoms with Crippen molar-refractivity contribution in [2.24, 2.45) is 0 Å². The summed E-state index contributed by atoms with van der Waals surface area (Å²) in [7, 11) is 1.57. The van der Waals surface area contributed by atoms with E-state index in [0.29, 0.717) is 31.7 Å². The first-order chi connectivity index (χ1) is 9.74. The van der Waals surface area contributed by atoms with Crippen LogP contribution in [0.1, 0.15) is 17.7 Å². The van der Waals surface area contributed by atoms with Crippen molar-refractivity contribution < 1.29 is 9.84 Å². The van der Waals surface area contributed by atoms with Crippen LogP contribution in [0.4, 0.5) is 0 Å². The molecular weight excluding hydrogens is 256 g/mol. The summed E-state index contributed by atoms with van der Waals surface area (Å²) in [5.74, 6) is 0. The van der Waals surface area contributed by atoms with E-state index in [1.54, 1.807) is 25.6 Å². The van der Waals surface area contributed by atoms with E-state index in [2.05, 4.69) is 16.4 Å². The predicted octanol–water partition coefficient (Wildman–Crippen LogP) is 0.693. The maximum absolute atomic E-state index is 9.53. The van der Waals surface area contributed by atoms with Crippen LogP contribution in [-0.4, -0.2) is 40.9 Å². The normalized spacial score (nSPS) is 12.4. The molecule has 2 aromatic rings. The average Bonchev–Trinajstić information content (AvgIpc) is 2.86. The Morgan fingerprint density at radius 3 is 3.15 bits per heavy atom. The van der Waals surface area contributed by atoms with Gasteiger partial charge in [-0.25, -0.2) is 4.98 Å². The van der Waals surface area contributed by atoms with Crippen molar-refractivity contribution in [3.8, 4) is 6.07 Å². The number of nitriles is 1.